The van der Waals surface area contributed by atoms with Crippen LogP contribution in [-0.4, -0.2) is 39.1 Å². The minimum atomic E-state index is -0.943. The third kappa shape index (κ3) is 4.51. The Bertz CT molecular complexity index is 1360. The minimum absolute atomic E-state index is 0.0477. The van der Waals surface area contributed by atoms with Gasteiger partial charge in [0.15, 0.2) is 17.3 Å². The van der Waals surface area contributed by atoms with Crippen LogP contribution >= 0.6 is 0 Å². The van der Waals surface area contributed by atoms with Crippen LogP contribution in [0.2, 0.25) is 0 Å². The SMILES string of the molecule is O=C(Nc1cncc(F)c1)c1n[nH]c2ccc(-c3cc(CN4CCCCC4)cc(F)c3F)cc12. The molecule has 5 rings (SSSR count). The maximum Gasteiger partial charge on any atom is 0.276 e. The number of aromatic nitrogens is 3. The van der Waals surface area contributed by atoms with Gasteiger partial charge in [0, 0.05) is 23.6 Å². The number of H-pyrrole nitrogens is 1. The van der Waals surface area contributed by atoms with Crippen LogP contribution in [0.25, 0.3) is 22.0 Å². The van der Waals surface area contributed by atoms with Crippen LogP contribution < -0.4 is 5.32 Å². The highest BCUT2D eigenvalue weighted by Crippen LogP contribution is 2.30. The van der Waals surface area contributed by atoms with Gasteiger partial charge in [-0.15, -0.1) is 0 Å². The standard InChI is InChI=1S/C25H22F3N5O/c26-17-11-18(13-29-12-17)30-25(34)24-20-10-16(4-5-22(20)31-32-24)19-8-15(9-21(27)23(19)28)14-33-6-2-1-3-7-33/h4-5,8-13H,1-3,6-7,14H2,(H,30,34)(H,31,32). The summed E-state index contributed by atoms with van der Waals surface area (Å²) < 4.78 is 42.7. The average Bonchev–Trinajstić information content (AvgIpc) is 3.25. The van der Waals surface area contributed by atoms with E-state index in [4.69, 9.17) is 0 Å². The van der Waals surface area contributed by atoms with Crippen molar-refractivity contribution in [1.29, 1.82) is 0 Å². The summed E-state index contributed by atoms with van der Waals surface area (Å²) >= 11 is 0. The molecule has 1 fully saturated rings. The van der Waals surface area contributed by atoms with E-state index in [1.54, 1.807) is 24.3 Å². The number of pyridine rings is 1. The Morgan fingerprint density at radius 3 is 2.65 bits per heavy atom. The monoisotopic (exact) mass is 465 g/mol. The van der Waals surface area contributed by atoms with E-state index < -0.39 is 23.4 Å². The number of halogens is 3. The van der Waals surface area contributed by atoms with Gasteiger partial charge in [-0.1, -0.05) is 12.5 Å². The number of hydrogen-bond donors (Lipinski definition) is 2. The predicted molar refractivity (Wildman–Crippen MR) is 123 cm³/mol. The Morgan fingerprint density at radius 1 is 1.03 bits per heavy atom. The second kappa shape index (κ2) is 9.26. The summed E-state index contributed by atoms with van der Waals surface area (Å²) in [6.07, 6.45) is 5.73. The average molecular weight is 465 g/mol. The van der Waals surface area contributed by atoms with Gasteiger partial charge in [-0.25, -0.2) is 13.2 Å². The molecule has 0 saturated carbocycles. The van der Waals surface area contributed by atoms with Crippen molar-refractivity contribution in [3.63, 3.8) is 0 Å². The van der Waals surface area contributed by atoms with Gasteiger partial charge in [-0.2, -0.15) is 5.10 Å². The summed E-state index contributed by atoms with van der Waals surface area (Å²) in [5.74, 6) is -3.02. The predicted octanol–water partition coefficient (Wildman–Crippen LogP) is 5.28. The zero-order valence-corrected chi connectivity index (χ0v) is 18.2. The van der Waals surface area contributed by atoms with Crippen molar-refractivity contribution in [3.05, 3.63) is 77.5 Å². The van der Waals surface area contributed by atoms with E-state index in [1.807, 2.05) is 0 Å². The van der Waals surface area contributed by atoms with E-state index >= 15 is 0 Å². The Kier molecular flexibility index (Phi) is 6.02. The number of amides is 1. The van der Waals surface area contributed by atoms with E-state index in [1.165, 1.54) is 18.7 Å². The maximum absolute atomic E-state index is 14.8. The number of nitrogens with zero attached hydrogens (tertiary/aromatic N) is 3. The fourth-order valence-electron chi connectivity index (χ4n) is 4.35. The second-order valence-electron chi connectivity index (χ2n) is 8.45. The van der Waals surface area contributed by atoms with E-state index in [0.29, 0.717) is 28.6 Å². The number of benzene rings is 2. The molecule has 3 heterocycles. The van der Waals surface area contributed by atoms with Crippen LogP contribution in [0.3, 0.4) is 0 Å². The lowest BCUT2D eigenvalue weighted by Gasteiger charge is -2.26. The smallest absolute Gasteiger partial charge is 0.276 e. The molecule has 0 bridgehead atoms. The highest BCUT2D eigenvalue weighted by molar-refractivity contribution is 6.11. The third-order valence-electron chi connectivity index (χ3n) is 5.99. The van der Waals surface area contributed by atoms with Gasteiger partial charge in [0.25, 0.3) is 5.91 Å². The Morgan fingerprint density at radius 2 is 1.85 bits per heavy atom. The normalized spacial score (nSPS) is 14.4. The molecule has 4 aromatic rings. The van der Waals surface area contributed by atoms with Crippen molar-refractivity contribution in [2.24, 2.45) is 0 Å². The van der Waals surface area contributed by atoms with Crippen LogP contribution in [0, 0.1) is 17.5 Å². The van der Waals surface area contributed by atoms with Crippen LogP contribution in [0.5, 0.6) is 0 Å². The highest BCUT2D eigenvalue weighted by Gasteiger charge is 2.19. The largest absolute Gasteiger partial charge is 0.319 e. The first-order valence-corrected chi connectivity index (χ1v) is 11.1. The van der Waals surface area contributed by atoms with Gasteiger partial charge in [-0.05, 0) is 61.3 Å². The molecular weight excluding hydrogens is 443 g/mol. The number of hydrogen-bond acceptors (Lipinski definition) is 4. The molecule has 2 aromatic carbocycles. The van der Waals surface area contributed by atoms with E-state index in [2.05, 4.69) is 25.4 Å². The first-order chi connectivity index (χ1) is 16.5. The van der Waals surface area contributed by atoms with E-state index in [-0.39, 0.29) is 16.9 Å². The Balaban J connectivity index is 1.47. The summed E-state index contributed by atoms with van der Waals surface area (Å²) in [5.41, 5.74) is 2.02. The molecule has 2 aromatic heterocycles. The molecule has 6 nitrogen and oxygen atoms in total. The van der Waals surface area contributed by atoms with Gasteiger partial charge in [0.1, 0.15) is 5.82 Å². The molecular formula is C25H22F3N5O. The molecule has 1 saturated heterocycles. The van der Waals surface area contributed by atoms with Gasteiger partial charge in [0.05, 0.1) is 23.6 Å². The van der Waals surface area contributed by atoms with E-state index in [0.717, 1.165) is 38.2 Å². The van der Waals surface area contributed by atoms with Crippen molar-refractivity contribution in [3.8, 4) is 11.1 Å². The highest BCUT2D eigenvalue weighted by atomic mass is 19.2. The van der Waals surface area contributed by atoms with Crippen molar-refractivity contribution in [2.45, 2.75) is 25.8 Å². The fraction of sp³-hybridized carbons (Fsp3) is 0.240. The summed E-state index contributed by atoms with van der Waals surface area (Å²) in [7, 11) is 0. The molecule has 34 heavy (non-hydrogen) atoms. The number of anilines is 1. The molecule has 1 amide bonds. The molecule has 1 aliphatic rings. The number of nitrogens with one attached hydrogen (secondary N) is 2. The number of likely N-dealkylation sites (tertiary alicyclic amines) is 1. The summed E-state index contributed by atoms with van der Waals surface area (Å²) in [6.45, 7) is 2.43. The van der Waals surface area contributed by atoms with Gasteiger partial charge in [-0.3, -0.25) is 19.8 Å². The molecule has 0 spiro atoms. The number of aromatic amines is 1. The number of rotatable bonds is 5. The first-order valence-electron chi connectivity index (χ1n) is 11.1. The Labute approximate surface area is 193 Å². The van der Waals surface area contributed by atoms with Crippen molar-refractivity contribution >= 4 is 22.5 Å². The number of carbonyl (C=O) groups excluding carboxylic acids is 1. The van der Waals surface area contributed by atoms with Gasteiger partial charge < -0.3 is 5.32 Å². The van der Waals surface area contributed by atoms with Crippen molar-refractivity contribution in [2.75, 3.05) is 18.4 Å². The van der Waals surface area contributed by atoms with E-state index in [9.17, 15) is 18.0 Å². The first kappa shape index (κ1) is 22.1. The zero-order valence-electron chi connectivity index (χ0n) is 18.2. The van der Waals surface area contributed by atoms with Gasteiger partial charge in [0.2, 0.25) is 0 Å². The molecule has 1 aliphatic heterocycles. The quantitative estimate of drug-likeness (QED) is 0.421. The third-order valence-corrected chi connectivity index (χ3v) is 5.99. The number of fused-ring (bicyclic) bond motifs is 1. The topological polar surface area (TPSA) is 73.9 Å². The van der Waals surface area contributed by atoms with Crippen molar-refractivity contribution < 1.29 is 18.0 Å². The zero-order chi connectivity index (χ0) is 23.7. The van der Waals surface area contributed by atoms with Gasteiger partial charge >= 0.3 is 0 Å². The number of piperidine rings is 1. The number of carbonyl (C=O) groups is 1. The molecule has 0 atom stereocenters. The summed E-state index contributed by atoms with van der Waals surface area (Å²) in [4.78, 5) is 18.7. The van der Waals surface area contributed by atoms with Crippen LogP contribution in [0.4, 0.5) is 18.9 Å². The van der Waals surface area contributed by atoms with Crippen LogP contribution in [0.1, 0.15) is 35.3 Å². The molecule has 2 N–H and O–H groups in total. The molecule has 9 heteroatoms. The van der Waals surface area contributed by atoms with Crippen LogP contribution in [0.15, 0.2) is 48.8 Å². The molecule has 174 valence electrons. The summed E-state index contributed by atoms with van der Waals surface area (Å²) in [5, 5.41) is 9.80. The lowest BCUT2D eigenvalue weighted by atomic mass is 9.99. The lowest BCUT2D eigenvalue weighted by molar-refractivity contribution is 0.102. The maximum atomic E-state index is 14.8. The second-order valence-corrected chi connectivity index (χ2v) is 8.45. The molecule has 0 aliphatic carbocycles. The Hall–Kier alpha value is -3.72. The molecule has 0 unspecified atom stereocenters. The minimum Gasteiger partial charge on any atom is -0.319 e. The lowest BCUT2D eigenvalue weighted by Crippen LogP contribution is -2.29. The van der Waals surface area contributed by atoms with Crippen LogP contribution in [-0.2, 0) is 6.54 Å². The molecule has 0 radical (unpaired) electrons. The summed E-state index contributed by atoms with van der Waals surface area (Å²) in [6, 6.07) is 8.95. The fourth-order valence-corrected chi connectivity index (χ4v) is 4.35. The van der Waals surface area contributed by atoms with Crippen molar-refractivity contribution in [1.82, 2.24) is 20.1 Å².